The van der Waals surface area contributed by atoms with Gasteiger partial charge < -0.3 is 5.73 Å². The maximum atomic E-state index is 15.3. The summed E-state index contributed by atoms with van der Waals surface area (Å²) in [6, 6.07) is 11.8. The monoisotopic (exact) mass is 490 g/mol. The number of ketones is 1. The van der Waals surface area contributed by atoms with Crippen LogP contribution in [0.25, 0.3) is 16.8 Å². The SMILES string of the molecule is NCc1cccc(-n2cnc3c2C(=O)C(c2ccc(-c4ccncc4S(N)(=O)=O)cc2F)N=C3)c1. The molecule has 9 nitrogen and oxygen atoms in total. The lowest BCUT2D eigenvalue weighted by atomic mass is 9.95. The Morgan fingerprint density at radius 2 is 1.94 bits per heavy atom. The third-order valence-corrected chi connectivity index (χ3v) is 6.68. The van der Waals surface area contributed by atoms with Gasteiger partial charge in [0.1, 0.15) is 34.5 Å². The number of pyridine rings is 1. The molecule has 1 aliphatic heterocycles. The fourth-order valence-corrected chi connectivity index (χ4v) is 4.76. The summed E-state index contributed by atoms with van der Waals surface area (Å²) in [6.45, 7) is 0.338. The number of primary sulfonamides is 1. The third-order valence-electron chi connectivity index (χ3n) is 5.74. The molecule has 2 aromatic heterocycles. The smallest absolute Gasteiger partial charge is 0.240 e. The minimum absolute atomic E-state index is 0.0512. The Hall–Kier alpha value is -4.06. The fourth-order valence-electron chi connectivity index (χ4n) is 4.06. The van der Waals surface area contributed by atoms with Crippen molar-refractivity contribution in [2.75, 3.05) is 0 Å². The van der Waals surface area contributed by atoms with Crippen LogP contribution in [0.4, 0.5) is 4.39 Å². The number of nitrogens with two attached hydrogens (primary N) is 2. The van der Waals surface area contributed by atoms with Crippen LogP contribution in [-0.2, 0) is 16.6 Å². The van der Waals surface area contributed by atoms with Crippen LogP contribution in [0.15, 0.2) is 77.1 Å². The van der Waals surface area contributed by atoms with Crippen molar-refractivity contribution in [2.45, 2.75) is 17.5 Å². The second kappa shape index (κ2) is 8.62. The van der Waals surface area contributed by atoms with Gasteiger partial charge in [0, 0.05) is 35.8 Å². The van der Waals surface area contributed by atoms with Crippen molar-refractivity contribution in [2.24, 2.45) is 15.9 Å². The molecule has 4 aromatic rings. The highest BCUT2D eigenvalue weighted by molar-refractivity contribution is 7.89. The molecule has 176 valence electrons. The summed E-state index contributed by atoms with van der Waals surface area (Å²) in [5, 5.41) is 5.27. The molecule has 5 rings (SSSR count). The predicted octanol–water partition coefficient (Wildman–Crippen LogP) is 2.54. The molecule has 0 saturated heterocycles. The minimum atomic E-state index is -4.08. The van der Waals surface area contributed by atoms with Crippen LogP contribution < -0.4 is 10.9 Å². The second-order valence-corrected chi connectivity index (χ2v) is 9.45. The number of halogens is 1. The topological polar surface area (TPSA) is 146 Å². The molecule has 0 fully saturated rings. The Bertz CT molecular complexity index is 1610. The molecule has 4 N–H and O–H groups in total. The Morgan fingerprint density at radius 1 is 1.11 bits per heavy atom. The van der Waals surface area contributed by atoms with Crippen molar-refractivity contribution in [3.05, 3.63) is 95.6 Å². The van der Waals surface area contributed by atoms with E-state index in [9.17, 15) is 13.2 Å². The first-order valence-corrected chi connectivity index (χ1v) is 12.0. The molecule has 2 aromatic carbocycles. The van der Waals surface area contributed by atoms with Crippen molar-refractivity contribution in [3.8, 4) is 16.8 Å². The van der Waals surface area contributed by atoms with Crippen molar-refractivity contribution in [3.63, 3.8) is 0 Å². The second-order valence-electron chi connectivity index (χ2n) is 7.92. The van der Waals surface area contributed by atoms with Gasteiger partial charge in [-0.2, -0.15) is 0 Å². The number of nitrogens with zero attached hydrogens (tertiary/aromatic N) is 4. The number of hydrogen-bond donors (Lipinski definition) is 2. The van der Waals surface area contributed by atoms with E-state index in [-0.39, 0.29) is 27.3 Å². The van der Waals surface area contributed by atoms with E-state index in [1.54, 1.807) is 4.57 Å². The Balaban J connectivity index is 1.53. The summed E-state index contributed by atoms with van der Waals surface area (Å²) < 4.78 is 40.8. The van der Waals surface area contributed by atoms with E-state index in [2.05, 4.69) is 15.0 Å². The number of Topliss-reactive ketones (excluding diaryl/α,β-unsaturated/α-hetero) is 1. The largest absolute Gasteiger partial charge is 0.326 e. The van der Waals surface area contributed by atoms with E-state index >= 15 is 4.39 Å². The molecule has 1 atom stereocenters. The molecule has 0 spiro atoms. The molecule has 0 amide bonds. The normalized spacial score (nSPS) is 15.3. The first kappa shape index (κ1) is 22.7. The lowest BCUT2D eigenvalue weighted by Gasteiger charge is -2.19. The molecule has 0 saturated carbocycles. The number of aromatic nitrogens is 3. The highest BCUT2D eigenvalue weighted by Gasteiger charge is 2.32. The number of benzene rings is 2. The lowest BCUT2D eigenvalue weighted by Crippen LogP contribution is -2.21. The average molecular weight is 491 g/mol. The van der Waals surface area contributed by atoms with E-state index < -0.39 is 27.7 Å². The number of hydrogen-bond acceptors (Lipinski definition) is 7. The van der Waals surface area contributed by atoms with Gasteiger partial charge in [-0.05, 0) is 35.4 Å². The molecular weight excluding hydrogens is 471 g/mol. The van der Waals surface area contributed by atoms with E-state index in [1.165, 1.54) is 36.9 Å². The van der Waals surface area contributed by atoms with Gasteiger partial charge in [0.2, 0.25) is 15.8 Å². The van der Waals surface area contributed by atoms with E-state index in [0.29, 0.717) is 17.9 Å². The molecular formula is C24H19FN6O3S. The lowest BCUT2D eigenvalue weighted by molar-refractivity contribution is 0.0952. The Labute approximate surface area is 200 Å². The highest BCUT2D eigenvalue weighted by Crippen LogP contribution is 2.33. The zero-order valence-corrected chi connectivity index (χ0v) is 19.0. The quantitative estimate of drug-likeness (QED) is 0.440. The fraction of sp³-hybridized carbons (Fsp3) is 0.0833. The van der Waals surface area contributed by atoms with E-state index in [1.807, 2.05) is 24.3 Å². The minimum Gasteiger partial charge on any atom is -0.326 e. The van der Waals surface area contributed by atoms with Crippen LogP contribution in [0.3, 0.4) is 0 Å². The number of aliphatic imine (C=N–C) groups is 1. The molecule has 0 radical (unpaired) electrons. The van der Waals surface area contributed by atoms with Gasteiger partial charge in [0.25, 0.3) is 0 Å². The zero-order valence-electron chi connectivity index (χ0n) is 18.2. The molecule has 11 heteroatoms. The third kappa shape index (κ3) is 4.05. The van der Waals surface area contributed by atoms with Crippen molar-refractivity contribution in [1.29, 1.82) is 0 Å². The summed E-state index contributed by atoms with van der Waals surface area (Å²) in [4.78, 5) is 25.5. The van der Waals surface area contributed by atoms with Crippen LogP contribution in [0.5, 0.6) is 0 Å². The maximum absolute atomic E-state index is 15.3. The molecule has 3 heterocycles. The summed E-state index contributed by atoms with van der Waals surface area (Å²) in [6.07, 6.45) is 5.45. The van der Waals surface area contributed by atoms with E-state index in [4.69, 9.17) is 10.9 Å². The molecule has 1 aliphatic rings. The summed E-state index contributed by atoms with van der Waals surface area (Å²) >= 11 is 0. The molecule has 35 heavy (non-hydrogen) atoms. The first-order chi connectivity index (χ1) is 16.8. The van der Waals surface area contributed by atoms with Crippen LogP contribution in [0, 0.1) is 5.82 Å². The van der Waals surface area contributed by atoms with Gasteiger partial charge >= 0.3 is 0 Å². The standard InChI is InChI=1S/C24H19FN6O3S/c25-19-9-15(17-6-7-28-12-21(17)35(27,33)34)4-5-18(19)22-24(32)23-20(11-29-22)30-13-31(23)16-3-1-2-14(8-16)10-26/h1-9,11-13,22H,10,26H2,(H2,27,33,34). The van der Waals surface area contributed by atoms with Gasteiger partial charge in [-0.3, -0.25) is 19.3 Å². The number of fused-ring (bicyclic) bond motifs is 1. The summed E-state index contributed by atoms with van der Waals surface area (Å²) in [5.41, 5.74) is 8.52. The average Bonchev–Trinajstić information content (AvgIpc) is 3.29. The van der Waals surface area contributed by atoms with Crippen LogP contribution in [0.1, 0.15) is 33.4 Å². The summed E-state index contributed by atoms with van der Waals surface area (Å²) in [7, 11) is -4.08. The number of carbonyl (C=O) groups is 1. The van der Waals surface area contributed by atoms with Crippen molar-refractivity contribution < 1.29 is 17.6 Å². The van der Waals surface area contributed by atoms with Crippen LogP contribution >= 0.6 is 0 Å². The first-order valence-electron chi connectivity index (χ1n) is 10.5. The zero-order chi connectivity index (χ0) is 24.7. The van der Waals surface area contributed by atoms with Crippen LogP contribution in [0.2, 0.25) is 0 Å². The highest BCUT2D eigenvalue weighted by atomic mass is 32.2. The van der Waals surface area contributed by atoms with Crippen molar-refractivity contribution in [1.82, 2.24) is 14.5 Å². The van der Waals surface area contributed by atoms with Gasteiger partial charge in [-0.25, -0.2) is 22.9 Å². The molecule has 1 unspecified atom stereocenters. The maximum Gasteiger partial charge on any atom is 0.240 e. The summed E-state index contributed by atoms with van der Waals surface area (Å²) in [5.74, 6) is -1.13. The van der Waals surface area contributed by atoms with Crippen LogP contribution in [-0.4, -0.2) is 35.0 Å². The number of rotatable bonds is 5. The van der Waals surface area contributed by atoms with Gasteiger partial charge in [0.15, 0.2) is 0 Å². The Morgan fingerprint density at radius 3 is 2.69 bits per heavy atom. The molecule has 0 aliphatic carbocycles. The molecule has 0 bridgehead atoms. The van der Waals surface area contributed by atoms with Gasteiger partial charge in [-0.1, -0.05) is 24.3 Å². The van der Waals surface area contributed by atoms with E-state index in [0.717, 1.165) is 17.8 Å². The number of imidazole rings is 1. The van der Waals surface area contributed by atoms with Gasteiger partial charge in [0.05, 0.1) is 6.21 Å². The number of sulfonamides is 1. The predicted molar refractivity (Wildman–Crippen MR) is 127 cm³/mol. The van der Waals surface area contributed by atoms with Crippen molar-refractivity contribution >= 4 is 22.0 Å². The number of carbonyl (C=O) groups excluding carboxylic acids is 1. The Kier molecular flexibility index (Phi) is 5.59. The van der Waals surface area contributed by atoms with Gasteiger partial charge in [-0.15, -0.1) is 0 Å².